The zero-order chi connectivity index (χ0) is 40.3. The normalized spacial score (nSPS) is 14.8. The lowest BCUT2D eigenvalue weighted by molar-refractivity contribution is 0.332. The van der Waals surface area contributed by atoms with Crippen LogP contribution in [0.5, 0.6) is 0 Å². The van der Waals surface area contributed by atoms with Gasteiger partial charge in [-0.05, 0) is 98.8 Å². The van der Waals surface area contributed by atoms with Crippen molar-refractivity contribution < 1.29 is 0 Å². The van der Waals surface area contributed by atoms with Crippen molar-refractivity contribution in [2.45, 2.75) is 51.4 Å². The molecule has 0 saturated heterocycles. The largest absolute Gasteiger partial charge is 0.309 e. The van der Waals surface area contributed by atoms with Crippen molar-refractivity contribution in [2.75, 3.05) is 0 Å². The Morgan fingerprint density at radius 2 is 1.05 bits per heavy atom. The van der Waals surface area contributed by atoms with Crippen LogP contribution >= 0.6 is 0 Å². The Labute approximate surface area is 348 Å². The number of hydrogen-bond acceptors (Lipinski definition) is 3. The lowest BCUT2D eigenvalue weighted by atomic mass is 9.63. The Balaban J connectivity index is 1.25. The molecular formula is C55H43N5. The highest BCUT2D eigenvalue weighted by molar-refractivity contribution is 6.26. The van der Waals surface area contributed by atoms with Gasteiger partial charge >= 0.3 is 0 Å². The van der Waals surface area contributed by atoms with Crippen LogP contribution in [0, 0.1) is 0 Å². The van der Waals surface area contributed by atoms with Gasteiger partial charge in [0.25, 0.3) is 0 Å². The minimum Gasteiger partial charge on any atom is -0.309 e. The van der Waals surface area contributed by atoms with E-state index in [4.69, 9.17) is 15.0 Å². The van der Waals surface area contributed by atoms with Crippen LogP contribution in [0.3, 0.4) is 0 Å². The molecule has 0 fully saturated rings. The summed E-state index contributed by atoms with van der Waals surface area (Å²) >= 11 is 0. The van der Waals surface area contributed by atoms with Crippen molar-refractivity contribution in [3.05, 3.63) is 175 Å². The van der Waals surface area contributed by atoms with Gasteiger partial charge < -0.3 is 4.57 Å². The second-order valence-electron chi connectivity index (χ2n) is 17.9. The van der Waals surface area contributed by atoms with Gasteiger partial charge in [-0.1, -0.05) is 149 Å². The number of rotatable bonds is 4. The third-order valence-corrected chi connectivity index (χ3v) is 13.4. The summed E-state index contributed by atoms with van der Waals surface area (Å²) in [6, 6.07) is 59.0. The number of aromatic nitrogens is 5. The van der Waals surface area contributed by atoms with Crippen LogP contribution in [0.15, 0.2) is 164 Å². The van der Waals surface area contributed by atoms with Crippen LogP contribution in [0.25, 0.3) is 99.6 Å². The molecule has 0 atom stereocenters. The highest BCUT2D eigenvalue weighted by atomic mass is 15.2. The Morgan fingerprint density at radius 3 is 1.82 bits per heavy atom. The first kappa shape index (κ1) is 34.9. The molecule has 0 radical (unpaired) electrons. The first-order valence-electron chi connectivity index (χ1n) is 21.1. The van der Waals surface area contributed by atoms with E-state index in [2.05, 4.69) is 195 Å². The fraction of sp³-hybridized carbons (Fsp3) is 0.145. The second kappa shape index (κ2) is 12.7. The molecule has 12 rings (SSSR count). The average Bonchev–Trinajstić information content (AvgIpc) is 3.80. The van der Waals surface area contributed by atoms with E-state index in [1.54, 1.807) is 0 Å². The Hall–Kier alpha value is -7.11. The van der Waals surface area contributed by atoms with Crippen molar-refractivity contribution in [1.82, 2.24) is 24.1 Å². The van der Waals surface area contributed by atoms with Crippen LogP contribution in [0.2, 0.25) is 0 Å². The number of para-hydroxylation sites is 2. The first-order valence-corrected chi connectivity index (χ1v) is 21.1. The summed E-state index contributed by atoms with van der Waals surface area (Å²) < 4.78 is 4.79. The van der Waals surface area contributed by atoms with E-state index < -0.39 is 0 Å². The lowest BCUT2D eigenvalue weighted by Gasteiger charge is -2.42. The van der Waals surface area contributed by atoms with Gasteiger partial charge in [0, 0.05) is 38.4 Å². The molecule has 60 heavy (non-hydrogen) atoms. The molecule has 3 heterocycles. The van der Waals surface area contributed by atoms with E-state index in [1.165, 1.54) is 43.6 Å². The number of hydrogen-bond donors (Lipinski definition) is 0. The molecule has 0 unspecified atom stereocenters. The van der Waals surface area contributed by atoms with E-state index in [0.29, 0.717) is 17.6 Å². The summed E-state index contributed by atoms with van der Waals surface area (Å²) in [4.78, 5) is 16.2. The van der Waals surface area contributed by atoms with Crippen LogP contribution in [-0.4, -0.2) is 24.1 Å². The number of benzene rings is 8. The molecule has 5 heteroatoms. The van der Waals surface area contributed by atoms with Crippen molar-refractivity contribution in [1.29, 1.82) is 0 Å². The van der Waals surface area contributed by atoms with E-state index in [9.17, 15) is 0 Å². The second-order valence-corrected chi connectivity index (χ2v) is 17.9. The lowest BCUT2D eigenvalue weighted by Crippen LogP contribution is -2.33. The van der Waals surface area contributed by atoms with Crippen molar-refractivity contribution >= 4 is 65.2 Å². The fourth-order valence-corrected chi connectivity index (χ4v) is 10.2. The third kappa shape index (κ3) is 5.08. The van der Waals surface area contributed by atoms with Gasteiger partial charge in [-0.25, -0.2) is 4.98 Å². The zero-order valence-electron chi connectivity index (χ0n) is 34.2. The van der Waals surface area contributed by atoms with Crippen molar-refractivity contribution in [3.8, 4) is 34.4 Å². The van der Waals surface area contributed by atoms with E-state index in [0.717, 1.165) is 62.4 Å². The van der Waals surface area contributed by atoms with Crippen molar-refractivity contribution in [2.24, 2.45) is 0 Å². The van der Waals surface area contributed by atoms with Crippen LogP contribution in [0.4, 0.5) is 0 Å². The topological polar surface area (TPSA) is 48.5 Å². The zero-order valence-corrected chi connectivity index (χ0v) is 34.2. The van der Waals surface area contributed by atoms with Gasteiger partial charge in [-0.3, -0.25) is 4.57 Å². The van der Waals surface area contributed by atoms with E-state index in [1.807, 2.05) is 6.07 Å². The molecular weight excluding hydrogens is 731 g/mol. The number of fused-ring (bicyclic) bond motifs is 11. The highest BCUT2D eigenvalue weighted by Crippen LogP contribution is 2.50. The molecule has 0 aliphatic heterocycles. The van der Waals surface area contributed by atoms with Crippen molar-refractivity contribution in [3.63, 3.8) is 0 Å². The van der Waals surface area contributed by atoms with Gasteiger partial charge in [-0.15, -0.1) is 0 Å². The quantitative estimate of drug-likeness (QED) is 0.167. The summed E-state index contributed by atoms with van der Waals surface area (Å²) in [5.41, 5.74) is 10.6. The molecule has 1 aliphatic carbocycles. The molecule has 0 amide bonds. The Bertz CT molecular complexity index is 3540. The summed E-state index contributed by atoms with van der Waals surface area (Å²) in [5.74, 6) is 1.87. The molecule has 1 aliphatic rings. The minimum absolute atomic E-state index is 0.0388. The molecule has 0 bridgehead atoms. The summed E-state index contributed by atoms with van der Waals surface area (Å²) in [5, 5.41) is 9.42. The minimum atomic E-state index is 0.0388. The molecule has 11 aromatic rings. The monoisotopic (exact) mass is 773 g/mol. The summed E-state index contributed by atoms with van der Waals surface area (Å²) in [7, 11) is 0. The maximum Gasteiger partial charge on any atom is 0.238 e. The van der Waals surface area contributed by atoms with Crippen LogP contribution in [0.1, 0.15) is 51.7 Å². The summed E-state index contributed by atoms with van der Waals surface area (Å²) in [6.45, 7) is 9.67. The van der Waals surface area contributed by atoms with Crippen LogP contribution in [-0.2, 0) is 10.8 Å². The molecule has 0 saturated carbocycles. The maximum atomic E-state index is 5.53. The molecule has 0 spiro atoms. The van der Waals surface area contributed by atoms with Gasteiger partial charge in [0.05, 0.1) is 22.1 Å². The Kier molecular flexibility index (Phi) is 7.38. The van der Waals surface area contributed by atoms with Crippen LogP contribution < -0.4 is 0 Å². The van der Waals surface area contributed by atoms with Gasteiger partial charge in [-0.2, -0.15) is 9.97 Å². The van der Waals surface area contributed by atoms with Gasteiger partial charge in [0.1, 0.15) is 0 Å². The predicted molar refractivity (Wildman–Crippen MR) is 250 cm³/mol. The molecule has 5 nitrogen and oxygen atoms in total. The maximum absolute atomic E-state index is 5.53. The summed E-state index contributed by atoms with van der Waals surface area (Å²) in [6.07, 6.45) is 2.30. The van der Waals surface area contributed by atoms with E-state index >= 15 is 0 Å². The molecule has 0 N–H and O–H groups in total. The Morgan fingerprint density at radius 1 is 0.433 bits per heavy atom. The van der Waals surface area contributed by atoms with E-state index in [-0.39, 0.29) is 10.8 Å². The smallest absolute Gasteiger partial charge is 0.238 e. The fourth-order valence-electron chi connectivity index (χ4n) is 10.2. The number of nitrogens with zero attached hydrogens (tertiary/aromatic N) is 5. The highest BCUT2D eigenvalue weighted by Gasteiger charge is 2.38. The average molecular weight is 774 g/mol. The third-order valence-electron chi connectivity index (χ3n) is 13.4. The van der Waals surface area contributed by atoms with Gasteiger partial charge in [0.2, 0.25) is 5.95 Å². The van der Waals surface area contributed by atoms with Gasteiger partial charge in [0.15, 0.2) is 11.6 Å². The predicted octanol–water partition coefficient (Wildman–Crippen LogP) is 14.1. The standard InChI is InChI=1S/C55H43N5/c1-54(2)29-30-55(3,4)45-33-48-43(32-44(45)54)49-47(59(48)36-20-9-6-10-21-36)28-27-41-40-25-15-16-26-46(40)60(50(41)49)53-57-51(34-17-7-5-8-18-34)56-52(58-53)42-31-35-19-11-12-22-37(35)38-23-13-14-24-39(38)42/h5-28,31-33H,29-30H2,1-4H3. The first-order chi connectivity index (χ1) is 29.2. The molecule has 8 aromatic carbocycles. The molecule has 288 valence electrons. The molecule has 3 aromatic heterocycles. The SMILES string of the molecule is CC1(C)CCC(C)(C)c2cc3c(cc21)c1c(ccc2c4ccccc4n(-c4nc(-c5ccccc5)nc(-c5cc6ccccc6c6ccccc56)n4)c21)n3-c1ccccc1.